The highest BCUT2D eigenvalue weighted by atomic mass is 35.5. The molecule has 148 valence electrons. The van der Waals surface area contributed by atoms with E-state index in [9.17, 15) is 4.79 Å². The Bertz CT molecular complexity index is 930. The average molecular weight is 416 g/mol. The van der Waals surface area contributed by atoms with Gasteiger partial charge in [0, 0.05) is 22.8 Å². The van der Waals surface area contributed by atoms with Crippen molar-refractivity contribution < 1.29 is 4.79 Å². The number of nitrogens with one attached hydrogen (secondary N) is 1. The lowest BCUT2D eigenvalue weighted by Gasteiger charge is -2.19. The number of hydrogen-bond donors (Lipinski definition) is 1. The lowest BCUT2D eigenvalue weighted by Crippen LogP contribution is -2.30. The zero-order valence-corrected chi connectivity index (χ0v) is 18.3. The van der Waals surface area contributed by atoms with Crippen LogP contribution >= 0.6 is 22.9 Å². The van der Waals surface area contributed by atoms with Crippen molar-refractivity contribution >= 4 is 28.8 Å². The van der Waals surface area contributed by atoms with Crippen LogP contribution in [0.25, 0.3) is 0 Å². The van der Waals surface area contributed by atoms with E-state index in [1.807, 2.05) is 54.2 Å². The first kappa shape index (κ1) is 20.6. The molecule has 0 saturated carbocycles. The zero-order valence-electron chi connectivity index (χ0n) is 16.7. The number of halogens is 1. The van der Waals surface area contributed by atoms with E-state index < -0.39 is 0 Å². The van der Waals surface area contributed by atoms with E-state index in [4.69, 9.17) is 11.6 Å². The SMILES string of the molecule is Cc1nn(CC(C)C)c(C)c1CC(=O)NC(c1ccc(Cl)cc1)c1ccsc1. The molecule has 0 fully saturated rings. The van der Waals surface area contributed by atoms with Gasteiger partial charge in [-0.2, -0.15) is 16.4 Å². The third kappa shape index (κ3) is 4.83. The third-order valence-electron chi connectivity index (χ3n) is 4.79. The van der Waals surface area contributed by atoms with Gasteiger partial charge in [-0.3, -0.25) is 9.48 Å². The number of aromatic nitrogens is 2. The summed E-state index contributed by atoms with van der Waals surface area (Å²) in [5, 5.41) is 12.6. The van der Waals surface area contributed by atoms with Crippen LogP contribution in [0.2, 0.25) is 5.02 Å². The van der Waals surface area contributed by atoms with E-state index in [1.165, 1.54) is 0 Å². The van der Waals surface area contributed by atoms with E-state index in [0.29, 0.717) is 17.4 Å². The van der Waals surface area contributed by atoms with Gasteiger partial charge >= 0.3 is 0 Å². The molecule has 1 unspecified atom stereocenters. The summed E-state index contributed by atoms with van der Waals surface area (Å²) < 4.78 is 2.01. The minimum Gasteiger partial charge on any atom is -0.345 e. The van der Waals surface area contributed by atoms with Crippen molar-refractivity contribution in [2.45, 2.75) is 46.7 Å². The first-order valence-corrected chi connectivity index (χ1v) is 10.8. The summed E-state index contributed by atoms with van der Waals surface area (Å²) in [4.78, 5) is 12.9. The number of benzene rings is 1. The van der Waals surface area contributed by atoms with Crippen LogP contribution in [-0.2, 0) is 17.8 Å². The van der Waals surface area contributed by atoms with Gasteiger partial charge in [-0.05, 0) is 59.9 Å². The zero-order chi connectivity index (χ0) is 20.3. The summed E-state index contributed by atoms with van der Waals surface area (Å²) in [6, 6.07) is 9.48. The van der Waals surface area contributed by atoms with Gasteiger partial charge in [-0.1, -0.05) is 37.6 Å². The van der Waals surface area contributed by atoms with Gasteiger partial charge in [0.2, 0.25) is 5.91 Å². The van der Waals surface area contributed by atoms with Crippen molar-refractivity contribution in [3.8, 4) is 0 Å². The summed E-state index contributed by atoms with van der Waals surface area (Å²) in [6.07, 6.45) is 0.323. The molecule has 0 spiro atoms. The highest BCUT2D eigenvalue weighted by Gasteiger charge is 2.20. The highest BCUT2D eigenvalue weighted by Crippen LogP contribution is 2.26. The first-order chi connectivity index (χ1) is 13.3. The molecule has 0 saturated heterocycles. The van der Waals surface area contributed by atoms with Crippen molar-refractivity contribution in [3.63, 3.8) is 0 Å². The molecule has 28 heavy (non-hydrogen) atoms. The molecule has 0 aliphatic rings. The van der Waals surface area contributed by atoms with Gasteiger partial charge in [0.05, 0.1) is 18.2 Å². The van der Waals surface area contributed by atoms with Crippen molar-refractivity contribution in [1.29, 1.82) is 0 Å². The maximum absolute atomic E-state index is 12.9. The Hall–Kier alpha value is -2.11. The Labute approximate surface area is 175 Å². The molecule has 2 heterocycles. The normalized spacial score (nSPS) is 12.4. The Morgan fingerprint density at radius 2 is 1.89 bits per heavy atom. The van der Waals surface area contributed by atoms with E-state index in [1.54, 1.807) is 11.3 Å². The highest BCUT2D eigenvalue weighted by molar-refractivity contribution is 7.08. The molecule has 3 aromatic rings. The van der Waals surface area contributed by atoms with Gasteiger partial charge in [-0.15, -0.1) is 0 Å². The van der Waals surface area contributed by atoms with Crippen LogP contribution in [-0.4, -0.2) is 15.7 Å². The fourth-order valence-electron chi connectivity index (χ4n) is 3.34. The summed E-state index contributed by atoms with van der Waals surface area (Å²) in [6.45, 7) is 9.21. The molecule has 1 atom stereocenters. The van der Waals surface area contributed by atoms with Gasteiger partial charge in [0.15, 0.2) is 0 Å². The fraction of sp³-hybridized carbons (Fsp3) is 0.364. The summed E-state index contributed by atoms with van der Waals surface area (Å²) in [5.41, 5.74) is 5.09. The number of hydrogen-bond acceptors (Lipinski definition) is 3. The molecule has 0 radical (unpaired) electrons. The number of rotatable bonds is 7. The molecule has 1 N–H and O–H groups in total. The smallest absolute Gasteiger partial charge is 0.225 e. The van der Waals surface area contributed by atoms with Crippen molar-refractivity contribution in [2.24, 2.45) is 5.92 Å². The molecule has 0 aliphatic carbocycles. The van der Waals surface area contributed by atoms with Crippen LogP contribution in [0.15, 0.2) is 41.1 Å². The Morgan fingerprint density at radius 3 is 2.50 bits per heavy atom. The molecule has 1 amide bonds. The quantitative estimate of drug-likeness (QED) is 0.567. The second kappa shape index (κ2) is 8.93. The van der Waals surface area contributed by atoms with Crippen LogP contribution in [0.4, 0.5) is 0 Å². The molecule has 0 aliphatic heterocycles. The van der Waals surface area contributed by atoms with E-state index in [-0.39, 0.29) is 11.9 Å². The lowest BCUT2D eigenvalue weighted by molar-refractivity contribution is -0.120. The second-order valence-corrected chi connectivity index (χ2v) is 8.73. The van der Waals surface area contributed by atoms with E-state index >= 15 is 0 Å². The molecule has 4 nitrogen and oxygen atoms in total. The standard InChI is InChI=1S/C22H26ClN3OS/c1-14(2)12-26-16(4)20(15(3)25-26)11-21(27)24-22(18-9-10-28-13-18)17-5-7-19(23)8-6-17/h5-10,13-14,22H,11-12H2,1-4H3,(H,24,27). The first-order valence-electron chi connectivity index (χ1n) is 9.45. The summed E-state index contributed by atoms with van der Waals surface area (Å²) in [5.74, 6) is 0.494. The maximum Gasteiger partial charge on any atom is 0.225 e. The van der Waals surface area contributed by atoms with Crippen LogP contribution < -0.4 is 5.32 Å². The van der Waals surface area contributed by atoms with Gasteiger partial charge < -0.3 is 5.32 Å². The lowest BCUT2D eigenvalue weighted by atomic mass is 10.0. The van der Waals surface area contributed by atoms with Gasteiger partial charge in [-0.25, -0.2) is 0 Å². The molecule has 6 heteroatoms. The summed E-state index contributed by atoms with van der Waals surface area (Å²) >= 11 is 7.65. The predicted octanol–water partition coefficient (Wildman–Crippen LogP) is 5.32. The van der Waals surface area contributed by atoms with Gasteiger partial charge in [0.25, 0.3) is 0 Å². The number of carbonyl (C=O) groups is 1. The van der Waals surface area contributed by atoms with Crippen molar-refractivity contribution in [2.75, 3.05) is 0 Å². The third-order valence-corrected chi connectivity index (χ3v) is 5.75. The van der Waals surface area contributed by atoms with Crippen LogP contribution in [0.5, 0.6) is 0 Å². The monoisotopic (exact) mass is 415 g/mol. The van der Waals surface area contributed by atoms with Crippen LogP contribution in [0.1, 0.15) is 48.0 Å². The number of amides is 1. The second-order valence-electron chi connectivity index (χ2n) is 7.51. The van der Waals surface area contributed by atoms with Crippen molar-refractivity contribution in [1.82, 2.24) is 15.1 Å². The van der Waals surface area contributed by atoms with Gasteiger partial charge in [0.1, 0.15) is 0 Å². The fourth-order valence-corrected chi connectivity index (χ4v) is 4.15. The topological polar surface area (TPSA) is 46.9 Å². The van der Waals surface area contributed by atoms with Crippen LogP contribution in [0, 0.1) is 19.8 Å². The molecular weight excluding hydrogens is 390 g/mol. The maximum atomic E-state index is 12.9. The average Bonchev–Trinajstić information content (AvgIpc) is 3.25. The number of nitrogens with zero attached hydrogens (tertiary/aromatic N) is 2. The minimum absolute atomic E-state index is 0.0125. The Balaban J connectivity index is 1.80. The van der Waals surface area contributed by atoms with Crippen LogP contribution in [0.3, 0.4) is 0 Å². The summed E-state index contributed by atoms with van der Waals surface area (Å²) in [7, 11) is 0. The number of aryl methyl sites for hydroxylation is 1. The van der Waals surface area contributed by atoms with E-state index in [2.05, 4.69) is 29.6 Å². The Morgan fingerprint density at radius 1 is 1.18 bits per heavy atom. The largest absolute Gasteiger partial charge is 0.345 e. The minimum atomic E-state index is -0.192. The molecular formula is C22H26ClN3OS. The molecule has 3 rings (SSSR count). The van der Waals surface area contributed by atoms with E-state index in [0.717, 1.165) is 34.6 Å². The molecule has 2 aromatic heterocycles. The molecule has 1 aromatic carbocycles. The Kier molecular flexibility index (Phi) is 6.57. The van der Waals surface area contributed by atoms with Crippen molar-refractivity contribution in [3.05, 3.63) is 74.2 Å². The number of thiophene rings is 1. The molecule has 0 bridgehead atoms. The predicted molar refractivity (Wildman–Crippen MR) is 116 cm³/mol. The number of carbonyl (C=O) groups excluding carboxylic acids is 1.